The number of halogens is 2. The summed E-state index contributed by atoms with van der Waals surface area (Å²) in [6.45, 7) is 1.29. The van der Waals surface area contributed by atoms with Gasteiger partial charge in [0.2, 0.25) is 0 Å². The van der Waals surface area contributed by atoms with Crippen molar-refractivity contribution in [2.75, 3.05) is 13.7 Å². The van der Waals surface area contributed by atoms with E-state index in [9.17, 15) is 9.50 Å². The Morgan fingerprint density at radius 2 is 2.20 bits per heavy atom. The van der Waals surface area contributed by atoms with Crippen molar-refractivity contribution in [1.29, 1.82) is 0 Å². The molecule has 3 nitrogen and oxygen atoms in total. The standard InChI is InChI=1S/C10H12ClFO3/c1-5(4-13)8-9(12)6(11)3-7(15-2)10(8)14/h3,5,13-14H,4H2,1-2H3. The van der Waals surface area contributed by atoms with Crippen LogP contribution in [0.5, 0.6) is 11.5 Å². The molecule has 0 aliphatic heterocycles. The van der Waals surface area contributed by atoms with Gasteiger partial charge in [-0.2, -0.15) is 0 Å². The van der Waals surface area contributed by atoms with Crippen molar-refractivity contribution in [2.45, 2.75) is 12.8 Å². The zero-order valence-electron chi connectivity index (χ0n) is 8.42. The smallest absolute Gasteiger partial charge is 0.164 e. The normalized spacial score (nSPS) is 12.6. The molecular weight excluding hydrogens is 223 g/mol. The highest BCUT2D eigenvalue weighted by Crippen LogP contribution is 2.39. The molecule has 0 heterocycles. The lowest BCUT2D eigenvalue weighted by molar-refractivity contribution is 0.266. The first kappa shape index (κ1) is 12.1. The zero-order chi connectivity index (χ0) is 11.6. The van der Waals surface area contributed by atoms with Gasteiger partial charge in [0.05, 0.1) is 12.1 Å². The predicted molar refractivity (Wildman–Crippen MR) is 55.1 cm³/mol. The van der Waals surface area contributed by atoms with E-state index in [1.165, 1.54) is 13.2 Å². The van der Waals surface area contributed by atoms with Gasteiger partial charge in [0.25, 0.3) is 0 Å². The molecule has 1 rings (SSSR count). The molecular formula is C10H12ClFO3. The summed E-state index contributed by atoms with van der Waals surface area (Å²) in [4.78, 5) is 0. The van der Waals surface area contributed by atoms with Gasteiger partial charge in [-0.3, -0.25) is 0 Å². The van der Waals surface area contributed by atoms with Crippen molar-refractivity contribution in [3.63, 3.8) is 0 Å². The Balaban J connectivity index is 3.40. The molecule has 0 saturated carbocycles. The lowest BCUT2D eigenvalue weighted by atomic mass is 10.00. The van der Waals surface area contributed by atoms with Crippen molar-refractivity contribution in [2.24, 2.45) is 0 Å². The molecule has 0 saturated heterocycles. The molecule has 5 heteroatoms. The van der Waals surface area contributed by atoms with Crippen molar-refractivity contribution in [3.05, 3.63) is 22.5 Å². The lowest BCUT2D eigenvalue weighted by Gasteiger charge is -2.15. The van der Waals surface area contributed by atoms with Crippen molar-refractivity contribution >= 4 is 11.6 Å². The van der Waals surface area contributed by atoms with Crippen LogP contribution in [0.25, 0.3) is 0 Å². The van der Waals surface area contributed by atoms with Gasteiger partial charge >= 0.3 is 0 Å². The fourth-order valence-electron chi connectivity index (χ4n) is 1.31. The number of aromatic hydroxyl groups is 1. The minimum absolute atomic E-state index is 0.0261. The number of aliphatic hydroxyl groups excluding tert-OH is 1. The Kier molecular flexibility index (Phi) is 3.77. The van der Waals surface area contributed by atoms with Gasteiger partial charge in [0.15, 0.2) is 11.5 Å². The summed E-state index contributed by atoms with van der Waals surface area (Å²) in [5.74, 6) is -1.49. The average molecular weight is 235 g/mol. The molecule has 1 unspecified atom stereocenters. The van der Waals surface area contributed by atoms with E-state index in [2.05, 4.69) is 0 Å². The van der Waals surface area contributed by atoms with Crippen LogP contribution in [0.2, 0.25) is 5.02 Å². The molecule has 1 aromatic rings. The first-order chi connectivity index (χ1) is 7.02. The van der Waals surface area contributed by atoms with Crippen LogP contribution < -0.4 is 4.74 Å². The number of phenolic OH excluding ortho intramolecular Hbond substituents is 1. The number of rotatable bonds is 3. The fraction of sp³-hybridized carbons (Fsp3) is 0.400. The molecule has 0 aromatic heterocycles. The van der Waals surface area contributed by atoms with Gasteiger partial charge in [0, 0.05) is 24.2 Å². The van der Waals surface area contributed by atoms with Crippen LogP contribution in [-0.2, 0) is 0 Å². The maximum atomic E-state index is 13.6. The highest BCUT2D eigenvalue weighted by Gasteiger charge is 2.21. The topological polar surface area (TPSA) is 49.7 Å². The molecule has 0 aliphatic carbocycles. The highest BCUT2D eigenvalue weighted by atomic mass is 35.5. The van der Waals surface area contributed by atoms with Crippen LogP contribution in [0.1, 0.15) is 18.4 Å². The summed E-state index contributed by atoms with van der Waals surface area (Å²) >= 11 is 5.62. The molecule has 2 N–H and O–H groups in total. The van der Waals surface area contributed by atoms with Gasteiger partial charge in [-0.1, -0.05) is 18.5 Å². The third-order valence-corrected chi connectivity index (χ3v) is 2.45. The van der Waals surface area contributed by atoms with Crippen LogP contribution in [0.15, 0.2) is 6.07 Å². The van der Waals surface area contributed by atoms with E-state index < -0.39 is 11.7 Å². The van der Waals surface area contributed by atoms with Gasteiger partial charge in [-0.05, 0) is 0 Å². The molecule has 1 aromatic carbocycles. The summed E-state index contributed by atoms with van der Waals surface area (Å²) in [5.41, 5.74) is -0.0261. The Bertz CT molecular complexity index is 368. The summed E-state index contributed by atoms with van der Waals surface area (Å²) in [6.07, 6.45) is 0. The molecule has 0 spiro atoms. The monoisotopic (exact) mass is 234 g/mol. The van der Waals surface area contributed by atoms with Crippen LogP contribution in [-0.4, -0.2) is 23.9 Å². The average Bonchev–Trinajstić information content (AvgIpc) is 2.23. The maximum Gasteiger partial charge on any atom is 0.164 e. The minimum atomic E-state index is -0.725. The number of ether oxygens (including phenoxy) is 1. The van der Waals surface area contributed by atoms with Crippen molar-refractivity contribution in [3.8, 4) is 11.5 Å². The fourth-order valence-corrected chi connectivity index (χ4v) is 1.51. The van der Waals surface area contributed by atoms with E-state index in [1.54, 1.807) is 6.92 Å². The summed E-state index contributed by atoms with van der Waals surface area (Å²) in [7, 11) is 1.34. The summed E-state index contributed by atoms with van der Waals surface area (Å²) in [6, 6.07) is 1.19. The summed E-state index contributed by atoms with van der Waals surface area (Å²) in [5, 5.41) is 18.5. The van der Waals surface area contributed by atoms with Gasteiger partial charge < -0.3 is 14.9 Å². The first-order valence-electron chi connectivity index (χ1n) is 4.38. The maximum absolute atomic E-state index is 13.6. The van der Waals surface area contributed by atoms with E-state index in [0.29, 0.717) is 0 Å². The highest BCUT2D eigenvalue weighted by molar-refractivity contribution is 6.31. The third kappa shape index (κ3) is 2.16. The van der Waals surface area contributed by atoms with Gasteiger partial charge in [-0.15, -0.1) is 0 Å². The number of hydrogen-bond donors (Lipinski definition) is 2. The molecule has 0 aliphatic rings. The molecule has 1 atom stereocenters. The SMILES string of the molecule is COc1cc(Cl)c(F)c(C(C)CO)c1O. The molecule has 0 fully saturated rings. The predicted octanol–water partition coefficient (Wildman–Crippen LogP) is 2.29. The molecule has 84 valence electrons. The first-order valence-corrected chi connectivity index (χ1v) is 4.76. The Labute approximate surface area is 92.1 Å². The van der Waals surface area contributed by atoms with Crippen LogP contribution >= 0.6 is 11.6 Å². The number of benzene rings is 1. The van der Waals surface area contributed by atoms with Gasteiger partial charge in [0.1, 0.15) is 5.82 Å². The van der Waals surface area contributed by atoms with Crippen LogP contribution in [0.4, 0.5) is 4.39 Å². The number of hydrogen-bond acceptors (Lipinski definition) is 3. The van der Waals surface area contributed by atoms with Crippen molar-refractivity contribution in [1.82, 2.24) is 0 Å². The van der Waals surface area contributed by atoms with Gasteiger partial charge in [-0.25, -0.2) is 4.39 Å². The summed E-state index contributed by atoms with van der Waals surface area (Å²) < 4.78 is 18.4. The lowest BCUT2D eigenvalue weighted by Crippen LogP contribution is -2.04. The Hall–Kier alpha value is -1.00. The number of phenols is 1. The Morgan fingerprint density at radius 1 is 1.60 bits per heavy atom. The van der Waals surface area contributed by atoms with E-state index in [-0.39, 0.29) is 28.7 Å². The molecule has 0 bridgehead atoms. The van der Waals surface area contributed by atoms with E-state index in [4.69, 9.17) is 21.4 Å². The second kappa shape index (κ2) is 4.68. The largest absolute Gasteiger partial charge is 0.504 e. The van der Waals surface area contributed by atoms with Crippen LogP contribution in [0, 0.1) is 5.82 Å². The van der Waals surface area contributed by atoms with Crippen molar-refractivity contribution < 1.29 is 19.3 Å². The number of methoxy groups -OCH3 is 1. The Morgan fingerprint density at radius 3 is 2.67 bits per heavy atom. The van der Waals surface area contributed by atoms with E-state index in [1.807, 2.05) is 0 Å². The van der Waals surface area contributed by atoms with E-state index >= 15 is 0 Å². The zero-order valence-corrected chi connectivity index (χ0v) is 9.18. The second-order valence-corrected chi connectivity index (χ2v) is 3.63. The van der Waals surface area contributed by atoms with E-state index in [0.717, 1.165) is 0 Å². The third-order valence-electron chi connectivity index (χ3n) is 2.18. The quantitative estimate of drug-likeness (QED) is 0.844. The molecule has 15 heavy (non-hydrogen) atoms. The molecule has 0 amide bonds. The molecule has 0 radical (unpaired) electrons. The number of aliphatic hydroxyl groups is 1. The minimum Gasteiger partial charge on any atom is -0.504 e. The second-order valence-electron chi connectivity index (χ2n) is 3.22. The van der Waals surface area contributed by atoms with Crippen LogP contribution in [0.3, 0.4) is 0 Å².